The summed E-state index contributed by atoms with van der Waals surface area (Å²) in [6, 6.07) is 19.0. The summed E-state index contributed by atoms with van der Waals surface area (Å²) >= 11 is 0. The lowest BCUT2D eigenvalue weighted by molar-refractivity contribution is -0.145. The van der Waals surface area contributed by atoms with Crippen LogP contribution in [0.3, 0.4) is 0 Å². The molecule has 0 radical (unpaired) electrons. The van der Waals surface area contributed by atoms with Gasteiger partial charge in [-0.1, -0.05) is 60.7 Å². The summed E-state index contributed by atoms with van der Waals surface area (Å²) in [4.78, 5) is 24.5. The fraction of sp³-hybridized carbons (Fsp3) is 0.300. The van der Waals surface area contributed by atoms with Gasteiger partial charge in [0.2, 0.25) is 5.91 Å². The number of amides is 1. The van der Waals surface area contributed by atoms with Crippen molar-refractivity contribution in [1.82, 2.24) is 5.32 Å². The van der Waals surface area contributed by atoms with Gasteiger partial charge in [0.05, 0.1) is 7.11 Å². The maximum absolute atomic E-state index is 12.5. The normalized spacial score (nSPS) is 20.0. The van der Waals surface area contributed by atoms with Crippen LogP contribution < -0.4 is 5.32 Å². The molecule has 0 aromatic heterocycles. The Morgan fingerprint density at radius 2 is 1.71 bits per heavy atom. The van der Waals surface area contributed by atoms with Crippen LogP contribution in [0.15, 0.2) is 60.7 Å². The zero-order valence-corrected chi connectivity index (χ0v) is 13.6. The molecule has 24 heavy (non-hydrogen) atoms. The van der Waals surface area contributed by atoms with Crippen molar-refractivity contribution in [2.45, 2.75) is 24.8 Å². The number of hydrogen-bond acceptors (Lipinski definition) is 3. The van der Waals surface area contributed by atoms with E-state index in [1.807, 2.05) is 60.7 Å². The Morgan fingerprint density at radius 1 is 1.08 bits per heavy atom. The second kappa shape index (κ2) is 7.30. The van der Waals surface area contributed by atoms with Crippen molar-refractivity contribution in [2.24, 2.45) is 5.92 Å². The van der Waals surface area contributed by atoms with Crippen LogP contribution in [0, 0.1) is 5.92 Å². The minimum Gasteiger partial charge on any atom is -0.467 e. The van der Waals surface area contributed by atoms with E-state index in [4.69, 9.17) is 4.74 Å². The molecule has 1 aliphatic carbocycles. The molecular formula is C20H21NO3. The van der Waals surface area contributed by atoms with E-state index < -0.39 is 12.0 Å². The number of rotatable bonds is 6. The molecule has 0 heterocycles. The van der Waals surface area contributed by atoms with Gasteiger partial charge in [-0.3, -0.25) is 4.79 Å². The number of carbonyl (C=O) groups is 2. The monoisotopic (exact) mass is 323 g/mol. The number of methoxy groups -OCH3 is 1. The van der Waals surface area contributed by atoms with E-state index in [1.165, 1.54) is 12.7 Å². The van der Waals surface area contributed by atoms with Gasteiger partial charge in [0, 0.05) is 12.3 Å². The first kappa shape index (κ1) is 16.2. The highest BCUT2D eigenvalue weighted by Gasteiger charge is 2.44. The average Bonchev–Trinajstić information content (AvgIpc) is 3.43. The molecule has 4 heteroatoms. The van der Waals surface area contributed by atoms with Crippen molar-refractivity contribution >= 4 is 11.9 Å². The molecule has 4 nitrogen and oxygen atoms in total. The third-order valence-electron chi connectivity index (χ3n) is 4.44. The average molecular weight is 323 g/mol. The first-order chi connectivity index (χ1) is 11.7. The molecule has 3 atom stereocenters. The van der Waals surface area contributed by atoms with Gasteiger partial charge >= 0.3 is 5.97 Å². The second-order valence-corrected chi connectivity index (χ2v) is 6.13. The SMILES string of the molecule is COC(=O)C(Cc1ccccc1)NC(=O)[C@@H]1C[C@H]1c1ccccc1. The van der Waals surface area contributed by atoms with Gasteiger partial charge in [-0.25, -0.2) is 4.79 Å². The molecule has 0 saturated heterocycles. The Bertz CT molecular complexity index is 699. The van der Waals surface area contributed by atoms with Gasteiger partial charge in [-0.15, -0.1) is 0 Å². The molecule has 2 aromatic carbocycles. The van der Waals surface area contributed by atoms with E-state index in [0.29, 0.717) is 6.42 Å². The summed E-state index contributed by atoms with van der Waals surface area (Å²) in [5.74, 6) is -0.296. The van der Waals surface area contributed by atoms with Gasteiger partial charge < -0.3 is 10.1 Å². The molecule has 1 N–H and O–H groups in total. The lowest BCUT2D eigenvalue weighted by Crippen LogP contribution is -2.43. The van der Waals surface area contributed by atoms with Crippen LogP contribution in [0.5, 0.6) is 0 Å². The molecule has 1 amide bonds. The predicted molar refractivity (Wildman–Crippen MR) is 91.4 cm³/mol. The first-order valence-electron chi connectivity index (χ1n) is 8.16. The van der Waals surface area contributed by atoms with Crippen molar-refractivity contribution in [2.75, 3.05) is 7.11 Å². The Kier molecular flexibility index (Phi) is 4.94. The highest BCUT2D eigenvalue weighted by atomic mass is 16.5. The van der Waals surface area contributed by atoms with E-state index in [0.717, 1.165) is 12.0 Å². The van der Waals surface area contributed by atoms with E-state index in [9.17, 15) is 9.59 Å². The third kappa shape index (κ3) is 3.82. The van der Waals surface area contributed by atoms with E-state index in [2.05, 4.69) is 5.32 Å². The zero-order valence-electron chi connectivity index (χ0n) is 13.6. The molecule has 3 rings (SSSR count). The van der Waals surface area contributed by atoms with Crippen molar-refractivity contribution in [3.05, 3.63) is 71.8 Å². The summed E-state index contributed by atoms with van der Waals surface area (Å²) in [6.07, 6.45) is 1.26. The van der Waals surface area contributed by atoms with Crippen LogP contribution >= 0.6 is 0 Å². The number of esters is 1. The van der Waals surface area contributed by atoms with Gasteiger partial charge in [0.1, 0.15) is 6.04 Å². The molecule has 2 aromatic rings. The van der Waals surface area contributed by atoms with E-state index in [1.54, 1.807) is 0 Å². The molecule has 124 valence electrons. The van der Waals surface area contributed by atoms with Gasteiger partial charge in [-0.2, -0.15) is 0 Å². The number of nitrogens with one attached hydrogen (secondary N) is 1. The molecule has 1 unspecified atom stereocenters. The Hall–Kier alpha value is -2.62. The lowest BCUT2D eigenvalue weighted by atomic mass is 10.1. The molecule has 1 fully saturated rings. The molecule has 1 saturated carbocycles. The van der Waals surface area contributed by atoms with Crippen molar-refractivity contribution in [3.63, 3.8) is 0 Å². The predicted octanol–water partition coefficient (Wildman–Crippen LogP) is 2.69. The molecule has 1 aliphatic rings. The zero-order chi connectivity index (χ0) is 16.9. The summed E-state index contributed by atoms with van der Waals surface area (Å²) in [6.45, 7) is 0. The van der Waals surface area contributed by atoms with Crippen LogP contribution in [-0.2, 0) is 20.7 Å². The first-order valence-corrected chi connectivity index (χ1v) is 8.16. The Morgan fingerprint density at radius 3 is 2.33 bits per heavy atom. The molecule has 0 aliphatic heterocycles. The van der Waals surface area contributed by atoms with Crippen LogP contribution in [0.2, 0.25) is 0 Å². The standard InChI is InChI=1S/C20H21NO3/c1-24-20(23)18(12-14-8-4-2-5-9-14)21-19(22)17-13-16(17)15-10-6-3-7-11-15/h2-11,16-18H,12-13H2,1H3,(H,21,22)/t16-,17+,18?/m0/s1. The fourth-order valence-corrected chi connectivity index (χ4v) is 3.02. The number of hydrogen-bond donors (Lipinski definition) is 1. The Labute approximate surface area is 141 Å². The van der Waals surface area contributed by atoms with Crippen LogP contribution in [0.1, 0.15) is 23.5 Å². The van der Waals surface area contributed by atoms with Crippen molar-refractivity contribution in [1.29, 1.82) is 0 Å². The second-order valence-electron chi connectivity index (χ2n) is 6.13. The molecular weight excluding hydrogens is 302 g/mol. The maximum Gasteiger partial charge on any atom is 0.328 e. The quantitative estimate of drug-likeness (QED) is 0.832. The number of carbonyl (C=O) groups excluding carboxylic acids is 2. The number of benzene rings is 2. The largest absolute Gasteiger partial charge is 0.467 e. The van der Waals surface area contributed by atoms with Gasteiger partial charge in [0.25, 0.3) is 0 Å². The molecule has 0 bridgehead atoms. The van der Waals surface area contributed by atoms with Crippen molar-refractivity contribution in [3.8, 4) is 0 Å². The minimum absolute atomic E-state index is 0.0599. The summed E-state index contributed by atoms with van der Waals surface area (Å²) in [5.41, 5.74) is 2.17. The highest BCUT2D eigenvalue weighted by Crippen LogP contribution is 2.47. The fourth-order valence-electron chi connectivity index (χ4n) is 3.02. The van der Waals surface area contributed by atoms with Crippen LogP contribution in [-0.4, -0.2) is 25.0 Å². The molecule has 0 spiro atoms. The summed E-state index contributed by atoms with van der Waals surface area (Å²) in [7, 11) is 1.34. The highest BCUT2D eigenvalue weighted by molar-refractivity contribution is 5.88. The number of ether oxygens (including phenoxy) is 1. The maximum atomic E-state index is 12.5. The van der Waals surface area contributed by atoms with Gasteiger partial charge in [-0.05, 0) is 23.5 Å². The van der Waals surface area contributed by atoms with Crippen molar-refractivity contribution < 1.29 is 14.3 Å². The topological polar surface area (TPSA) is 55.4 Å². The minimum atomic E-state index is -0.651. The van der Waals surface area contributed by atoms with E-state index in [-0.39, 0.29) is 17.7 Å². The summed E-state index contributed by atoms with van der Waals surface area (Å²) < 4.78 is 4.84. The lowest BCUT2D eigenvalue weighted by Gasteiger charge is -2.16. The van der Waals surface area contributed by atoms with Gasteiger partial charge in [0.15, 0.2) is 0 Å². The van der Waals surface area contributed by atoms with Crippen LogP contribution in [0.25, 0.3) is 0 Å². The van der Waals surface area contributed by atoms with E-state index >= 15 is 0 Å². The summed E-state index contributed by atoms with van der Waals surface area (Å²) in [5, 5.41) is 2.86. The smallest absolute Gasteiger partial charge is 0.328 e. The Balaban J connectivity index is 1.63. The third-order valence-corrected chi connectivity index (χ3v) is 4.44. The van der Waals surface area contributed by atoms with Crippen LogP contribution in [0.4, 0.5) is 0 Å².